The van der Waals surface area contributed by atoms with Crippen LogP contribution in [-0.4, -0.2) is 11.8 Å². The first-order chi connectivity index (χ1) is 9.65. The van der Waals surface area contributed by atoms with Gasteiger partial charge < -0.3 is 14.8 Å². The van der Waals surface area contributed by atoms with Crippen molar-refractivity contribution in [2.75, 3.05) is 12.1 Å². The van der Waals surface area contributed by atoms with Crippen LogP contribution in [0.5, 0.6) is 11.5 Å². The van der Waals surface area contributed by atoms with Crippen molar-refractivity contribution in [1.82, 2.24) is 4.98 Å². The lowest BCUT2D eigenvalue weighted by molar-refractivity contribution is 0.173. The molecule has 0 atom stereocenters. The minimum Gasteiger partial charge on any atom is -0.454 e. The van der Waals surface area contributed by atoms with Crippen molar-refractivity contribution in [2.24, 2.45) is 0 Å². The third-order valence-electron chi connectivity index (χ3n) is 3.07. The molecule has 2 aromatic rings. The SMILES string of the molecule is Cc1ccnc(Cl)c1NCc1cc(Br)c2c(c1)OCO2. The Hall–Kier alpha value is -1.46. The van der Waals surface area contributed by atoms with Gasteiger partial charge in [0.1, 0.15) is 0 Å². The van der Waals surface area contributed by atoms with E-state index in [1.807, 2.05) is 25.1 Å². The van der Waals surface area contributed by atoms with E-state index in [0.717, 1.165) is 32.8 Å². The highest BCUT2D eigenvalue weighted by Crippen LogP contribution is 2.40. The van der Waals surface area contributed by atoms with Gasteiger partial charge in [-0.05, 0) is 52.2 Å². The Bertz CT molecular complexity index is 644. The zero-order valence-electron chi connectivity index (χ0n) is 10.7. The molecule has 1 N–H and O–H groups in total. The fourth-order valence-electron chi connectivity index (χ4n) is 2.05. The molecule has 0 spiro atoms. The second kappa shape index (κ2) is 5.50. The van der Waals surface area contributed by atoms with Gasteiger partial charge in [-0.1, -0.05) is 11.6 Å². The smallest absolute Gasteiger partial charge is 0.231 e. The normalized spacial score (nSPS) is 12.6. The van der Waals surface area contributed by atoms with E-state index in [0.29, 0.717) is 11.7 Å². The molecule has 2 heterocycles. The third-order valence-corrected chi connectivity index (χ3v) is 3.94. The van der Waals surface area contributed by atoms with Gasteiger partial charge in [0.25, 0.3) is 0 Å². The molecule has 0 saturated carbocycles. The standard InChI is InChI=1S/C14H12BrClN2O2/c1-8-2-3-17-14(16)12(8)18-6-9-4-10(15)13-11(5-9)19-7-20-13/h2-5,18H,6-7H2,1H3. The number of pyridine rings is 1. The molecule has 20 heavy (non-hydrogen) atoms. The maximum Gasteiger partial charge on any atom is 0.231 e. The number of nitrogens with one attached hydrogen (secondary N) is 1. The molecule has 1 aromatic carbocycles. The Morgan fingerprint density at radius 3 is 3.05 bits per heavy atom. The maximum absolute atomic E-state index is 6.09. The first-order valence-electron chi connectivity index (χ1n) is 6.08. The number of anilines is 1. The number of nitrogens with zero attached hydrogens (tertiary/aromatic N) is 1. The van der Waals surface area contributed by atoms with Gasteiger partial charge in [0.05, 0.1) is 10.2 Å². The zero-order chi connectivity index (χ0) is 14.1. The summed E-state index contributed by atoms with van der Waals surface area (Å²) in [5.41, 5.74) is 2.98. The predicted molar refractivity (Wildman–Crippen MR) is 81.6 cm³/mol. The molecular formula is C14H12BrClN2O2. The topological polar surface area (TPSA) is 43.4 Å². The van der Waals surface area contributed by atoms with Gasteiger partial charge in [-0.3, -0.25) is 0 Å². The quantitative estimate of drug-likeness (QED) is 0.840. The highest BCUT2D eigenvalue weighted by atomic mass is 79.9. The van der Waals surface area contributed by atoms with Crippen LogP contribution in [0.1, 0.15) is 11.1 Å². The van der Waals surface area contributed by atoms with Gasteiger partial charge >= 0.3 is 0 Å². The summed E-state index contributed by atoms with van der Waals surface area (Å²) in [4.78, 5) is 4.08. The van der Waals surface area contributed by atoms with E-state index in [9.17, 15) is 0 Å². The van der Waals surface area contributed by atoms with E-state index >= 15 is 0 Å². The summed E-state index contributed by atoms with van der Waals surface area (Å²) in [5.74, 6) is 1.51. The summed E-state index contributed by atoms with van der Waals surface area (Å²) in [5, 5.41) is 3.78. The van der Waals surface area contributed by atoms with Crippen molar-refractivity contribution in [2.45, 2.75) is 13.5 Å². The third kappa shape index (κ3) is 2.55. The molecule has 3 rings (SSSR count). The van der Waals surface area contributed by atoms with Crippen molar-refractivity contribution in [3.8, 4) is 11.5 Å². The monoisotopic (exact) mass is 354 g/mol. The number of aryl methyl sites for hydroxylation is 1. The molecule has 0 unspecified atom stereocenters. The summed E-state index contributed by atoms with van der Waals surface area (Å²) < 4.78 is 11.7. The van der Waals surface area contributed by atoms with Gasteiger partial charge in [0.15, 0.2) is 16.7 Å². The molecule has 0 bridgehead atoms. The minimum atomic E-state index is 0.262. The largest absolute Gasteiger partial charge is 0.454 e. The molecule has 0 saturated heterocycles. The average Bonchev–Trinajstić information content (AvgIpc) is 2.87. The number of aromatic nitrogens is 1. The number of rotatable bonds is 3. The number of hydrogen-bond donors (Lipinski definition) is 1. The Morgan fingerprint density at radius 1 is 1.40 bits per heavy atom. The molecule has 1 aromatic heterocycles. The number of halogens is 2. The predicted octanol–water partition coefficient (Wildman–Crippen LogP) is 4.15. The molecule has 1 aliphatic heterocycles. The van der Waals surface area contributed by atoms with E-state index < -0.39 is 0 Å². The van der Waals surface area contributed by atoms with Crippen LogP contribution in [0, 0.1) is 6.92 Å². The van der Waals surface area contributed by atoms with E-state index in [2.05, 4.69) is 26.2 Å². The maximum atomic E-state index is 6.09. The highest BCUT2D eigenvalue weighted by Gasteiger charge is 2.18. The Labute approximate surface area is 130 Å². The number of fused-ring (bicyclic) bond motifs is 1. The summed E-state index contributed by atoms with van der Waals surface area (Å²) in [7, 11) is 0. The van der Waals surface area contributed by atoms with E-state index in [1.54, 1.807) is 6.20 Å². The van der Waals surface area contributed by atoms with Crippen LogP contribution in [0.15, 0.2) is 28.9 Å². The van der Waals surface area contributed by atoms with Crippen LogP contribution in [0.2, 0.25) is 5.15 Å². The fraction of sp³-hybridized carbons (Fsp3) is 0.214. The minimum absolute atomic E-state index is 0.262. The summed E-state index contributed by atoms with van der Waals surface area (Å²) >= 11 is 9.58. The van der Waals surface area contributed by atoms with Crippen molar-refractivity contribution in [1.29, 1.82) is 0 Å². The van der Waals surface area contributed by atoms with E-state index in [4.69, 9.17) is 21.1 Å². The van der Waals surface area contributed by atoms with Crippen LogP contribution in [0.25, 0.3) is 0 Å². The first kappa shape index (κ1) is 13.5. The molecule has 0 fully saturated rings. The van der Waals surface area contributed by atoms with E-state index in [-0.39, 0.29) is 6.79 Å². The fourth-order valence-corrected chi connectivity index (χ4v) is 2.93. The molecule has 104 valence electrons. The molecule has 0 aliphatic carbocycles. The van der Waals surface area contributed by atoms with E-state index in [1.165, 1.54) is 0 Å². The highest BCUT2D eigenvalue weighted by molar-refractivity contribution is 9.10. The Morgan fingerprint density at radius 2 is 2.25 bits per heavy atom. The Kier molecular flexibility index (Phi) is 3.72. The van der Waals surface area contributed by atoms with Gasteiger partial charge in [0.2, 0.25) is 6.79 Å². The number of ether oxygens (including phenoxy) is 2. The van der Waals surface area contributed by atoms with Crippen molar-refractivity contribution < 1.29 is 9.47 Å². The van der Waals surface area contributed by atoms with Gasteiger partial charge in [-0.2, -0.15) is 0 Å². The second-order valence-electron chi connectivity index (χ2n) is 4.46. The summed E-state index contributed by atoms with van der Waals surface area (Å²) in [6.45, 7) is 2.88. The molecule has 1 aliphatic rings. The summed E-state index contributed by atoms with van der Waals surface area (Å²) in [6, 6.07) is 5.88. The number of hydrogen-bond acceptors (Lipinski definition) is 4. The average molecular weight is 356 g/mol. The number of benzene rings is 1. The van der Waals surface area contributed by atoms with Crippen LogP contribution in [0.3, 0.4) is 0 Å². The summed E-state index contributed by atoms with van der Waals surface area (Å²) in [6.07, 6.45) is 1.69. The molecule has 0 amide bonds. The van der Waals surface area contributed by atoms with Crippen molar-refractivity contribution in [3.63, 3.8) is 0 Å². The lowest BCUT2D eigenvalue weighted by Gasteiger charge is -2.11. The van der Waals surface area contributed by atoms with Gasteiger partial charge in [0, 0.05) is 12.7 Å². The van der Waals surface area contributed by atoms with Crippen LogP contribution in [0.4, 0.5) is 5.69 Å². The van der Waals surface area contributed by atoms with Crippen LogP contribution < -0.4 is 14.8 Å². The second-order valence-corrected chi connectivity index (χ2v) is 5.67. The van der Waals surface area contributed by atoms with Crippen molar-refractivity contribution in [3.05, 3.63) is 45.1 Å². The van der Waals surface area contributed by atoms with Gasteiger partial charge in [-0.25, -0.2) is 4.98 Å². The molecule has 0 radical (unpaired) electrons. The molecule has 4 nitrogen and oxygen atoms in total. The zero-order valence-corrected chi connectivity index (χ0v) is 13.1. The first-order valence-corrected chi connectivity index (χ1v) is 7.25. The van der Waals surface area contributed by atoms with Crippen LogP contribution >= 0.6 is 27.5 Å². The van der Waals surface area contributed by atoms with Crippen molar-refractivity contribution >= 4 is 33.2 Å². The lowest BCUT2D eigenvalue weighted by Crippen LogP contribution is -2.02. The molecular weight excluding hydrogens is 344 g/mol. The lowest BCUT2D eigenvalue weighted by atomic mass is 10.2. The van der Waals surface area contributed by atoms with Gasteiger partial charge in [-0.15, -0.1) is 0 Å². The Balaban J connectivity index is 1.81. The van der Waals surface area contributed by atoms with Crippen LogP contribution in [-0.2, 0) is 6.54 Å². The molecule has 6 heteroatoms.